The molecule has 3 rings (SSSR count). The topological polar surface area (TPSA) is 61.4 Å². The lowest BCUT2D eigenvalue weighted by atomic mass is 9.96. The third-order valence-electron chi connectivity index (χ3n) is 5.76. The number of hydrogen-bond donors (Lipinski definition) is 1. The molecule has 26 heavy (non-hydrogen) atoms. The Morgan fingerprint density at radius 2 is 1.58 bits per heavy atom. The highest BCUT2D eigenvalue weighted by Gasteiger charge is 2.25. The molecule has 0 spiro atoms. The van der Waals surface area contributed by atoms with Crippen LogP contribution in [0.25, 0.3) is 0 Å². The summed E-state index contributed by atoms with van der Waals surface area (Å²) in [6.45, 7) is 9.17. The molecule has 0 atom stereocenters. The van der Waals surface area contributed by atoms with Crippen LogP contribution in [0.4, 0.5) is 11.6 Å². The predicted molar refractivity (Wildman–Crippen MR) is 105 cm³/mol. The van der Waals surface area contributed by atoms with Crippen molar-refractivity contribution >= 4 is 17.5 Å². The molecule has 3 heterocycles. The van der Waals surface area contributed by atoms with E-state index in [0.29, 0.717) is 0 Å². The van der Waals surface area contributed by atoms with Crippen LogP contribution >= 0.6 is 0 Å². The quantitative estimate of drug-likeness (QED) is 0.792. The van der Waals surface area contributed by atoms with E-state index in [2.05, 4.69) is 51.3 Å². The van der Waals surface area contributed by atoms with Gasteiger partial charge in [-0.15, -0.1) is 10.2 Å². The van der Waals surface area contributed by atoms with Crippen molar-refractivity contribution in [2.75, 3.05) is 42.5 Å². The standard InChI is InChI=1S/C20H33N5O/c1-3-4-11-21-20(26)17-9-14-25(15-10-17)19-6-5-18(22-23-19)24-12-7-16(2)8-13-24/h5-6,16-17H,3-4,7-15H2,1-2H3,(H,21,26). The molecule has 0 saturated carbocycles. The zero-order valence-corrected chi connectivity index (χ0v) is 16.3. The van der Waals surface area contributed by atoms with Gasteiger partial charge in [0.1, 0.15) is 0 Å². The number of piperidine rings is 2. The molecular formula is C20H33N5O. The Hall–Kier alpha value is -1.85. The number of unbranched alkanes of at least 4 members (excludes halogenated alkanes) is 1. The molecule has 0 aromatic carbocycles. The highest BCUT2D eigenvalue weighted by molar-refractivity contribution is 5.78. The Kier molecular flexibility index (Phi) is 6.69. The fourth-order valence-corrected chi connectivity index (χ4v) is 3.80. The molecular weight excluding hydrogens is 326 g/mol. The first-order valence-corrected chi connectivity index (χ1v) is 10.3. The van der Waals surface area contributed by atoms with E-state index in [4.69, 9.17) is 0 Å². The minimum Gasteiger partial charge on any atom is -0.356 e. The van der Waals surface area contributed by atoms with E-state index in [1.807, 2.05) is 0 Å². The monoisotopic (exact) mass is 359 g/mol. The summed E-state index contributed by atoms with van der Waals surface area (Å²) in [5.74, 6) is 3.11. The molecule has 1 amide bonds. The Morgan fingerprint density at radius 1 is 1.04 bits per heavy atom. The molecule has 1 N–H and O–H groups in total. The fourth-order valence-electron chi connectivity index (χ4n) is 3.80. The number of hydrogen-bond acceptors (Lipinski definition) is 5. The van der Waals surface area contributed by atoms with Gasteiger partial charge in [0.15, 0.2) is 11.6 Å². The first kappa shape index (κ1) is 18.9. The molecule has 0 aliphatic carbocycles. The SMILES string of the molecule is CCCCNC(=O)C1CCN(c2ccc(N3CCC(C)CC3)nn2)CC1. The summed E-state index contributed by atoms with van der Waals surface area (Å²) in [6, 6.07) is 4.18. The first-order valence-electron chi connectivity index (χ1n) is 10.3. The summed E-state index contributed by atoms with van der Waals surface area (Å²) in [5, 5.41) is 12.0. The van der Waals surface area contributed by atoms with Gasteiger partial charge in [-0.3, -0.25) is 4.79 Å². The largest absolute Gasteiger partial charge is 0.356 e. The molecule has 0 unspecified atom stereocenters. The molecule has 6 nitrogen and oxygen atoms in total. The third-order valence-corrected chi connectivity index (χ3v) is 5.76. The number of rotatable bonds is 6. The van der Waals surface area contributed by atoms with Gasteiger partial charge in [0.25, 0.3) is 0 Å². The van der Waals surface area contributed by atoms with Crippen molar-refractivity contribution in [2.45, 2.75) is 52.4 Å². The van der Waals surface area contributed by atoms with Gasteiger partial charge in [0, 0.05) is 38.6 Å². The molecule has 1 aromatic heterocycles. The maximum Gasteiger partial charge on any atom is 0.223 e. The predicted octanol–water partition coefficient (Wildman–Crippen LogP) is 2.85. The summed E-state index contributed by atoms with van der Waals surface area (Å²) >= 11 is 0. The number of carbonyl (C=O) groups excluding carboxylic acids is 1. The normalized spacial score (nSPS) is 19.6. The van der Waals surface area contributed by atoms with Gasteiger partial charge in [0.2, 0.25) is 5.91 Å². The van der Waals surface area contributed by atoms with Crippen LogP contribution in [0, 0.1) is 11.8 Å². The van der Waals surface area contributed by atoms with Gasteiger partial charge in [-0.1, -0.05) is 20.3 Å². The van der Waals surface area contributed by atoms with Crippen LogP contribution in [0.15, 0.2) is 12.1 Å². The van der Waals surface area contributed by atoms with E-state index in [1.54, 1.807) is 0 Å². The number of nitrogens with zero attached hydrogens (tertiary/aromatic N) is 4. The molecule has 2 aliphatic rings. The maximum atomic E-state index is 12.2. The smallest absolute Gasteiger partial charge is 0.223 e. The maximum absolute atomic E-state index is 12.2. The minimum atomic E-state index is 0.144. The van der Waals surface area contributed by atoms with Crippen molar-refractivity contribution in [3.63, 3.8) is 0 Å². The number of amides is 1. The summed E-state index contributed by atoms with van der Waals surface area (Å²) in [5.41, 5.74) is 0. The van der Waals surface area contributed by atoms with Crippen LogP contribution < -0.4 is 15.1 Å². The summed E-state index contributed by atoms with van der Waals surface area (Å²) in [6.07, 6.45) is 6.43. The number of aromatic nitrogens is 2. The van der Waals surface area contributed by atoms with Crippen molar-refractivity contribution in [2.24, 2.45) is 11.8 Å². The summed E-state index contributed by atoms with van der Waals surface area (Å²) < 4.78 is 0. The van der Waals surface area contributed by atoms with E-state index < -0.39 is 0 Å². The minimum absolute atomic E-state index is 0.144. The van der Waals surface area contributed by atoms with Gasteiger partial charge in [0.05, 0.1) is 0 Å². The number of anilines is 2. The van der Waals surface area contributed by atoms with Crippen LogP contribution in [0.3, 0.4) is 0 Å². The summed E-state index contributed by atoms with van der Waals surface area (Å²) in [4.78, 5) is 16.8. The average Bonchev–Trinajstić information content (AvgIpc) is 2.69. The lowest BCUT2D eigenvalue weighted by Crippen LogP contribution is -2.41. The Balaban J connectivity index is 1.48. The van der Waals surface area contributed by atoms with Gasteiger partial charge in [-0.05, 0) is 50.2 Å². The van der Waals surface area contributed by atoms with Crippen molar-refractivity contribution in [3.8, 4) is 0 Å². The molecule has 2 saturated heterocycles. The highest BCUT2D eigenvalue weighted by atomic mass is 16.1. The number of carbonyl (C=O) groups is 1. The van der Waals surface area contributed by atoms with Crippen LogP contribution in [0.2, 0.25) is 0 Å². The lowest BCUT2D eigenvalue weighted by Gasteiger charge is -2.33. The Morgan fingerprint density at radius 3 is 2.08 bits per heavy atom. The molecule has 144 valence electrons. The van der Waals surface area contributed by atoms with Gasteiger partial charge in [-0.2, -0.15) is 0 Å². The van der Waals surface area contributed by atoms with Gasteiger partial charge in [-0.25, -0.2) is 0 Å². The second-order valence-corrected chi connectivity index (χ2v) is 7.83. The van der Waals surface area contributed by atoms with E-state index in [1.165, 1.54) is 12.8 Å². The highest BCUT2D eigenvalue weighted by Crippen LogP contribution is 2.24. The third kappa shape index (κ3) is 4.86. The average molecular weight is 360 g/mol. The molecule has 1 aromatic rings. The first-order chi connectivity index (χ1) is 12.7. The lowest BCUT2D eigenvalue weighted by molar-refractivity contribution is -0.125. The van der Waals surface area contributed by atoms with Gasteiger partial charge < -0.3 is 15.1 Å². The van der Waals surface area contributed by atoms with E-state index >= 15 is 0 Å². The second kappa shape index (κ2) is 9.19. The molecule has 0 bridgehead atoms. The Bertz CT molecular complexity index is 560. The van der Waals surface area contributed by atoms with Crippen molar-refractivity contribution in [3.05, 3.63) is 12.1 Å². The van der Waals surface area contributed by atoms with E-state index in [-0.39, 0.29) is 11.8 Å². The van der Waals surface area contributed by atoms with Crippen LogP contribution in [-0.4, -0.2) is 48.8 Å². The van der Waals surface area contributed by atoms with Crippen LogP contribution in [0.1, 0.15) is 52.4 Å². The zero-order chi connectivity index (χ0) is 18.4. The number of nitrogens with one attached hydrogen (secondary N) is 1. The van der Waals surface area contributed by atoms with Gasteiger partial charge >= 0.3 is 0 Å². The molecule has 2 fully saturated rings. The van der Waals surface area contributed by atoms with Crippen LogP contribution in [-0.2, 0) is 4.79 Å². The van der Waals surface area contributed by atoms with Crippen LogP contribution in [0.5, 0.6) is 0 Å². The summed E-state index contributed by atoms with van der Waals surface area (Å²) in [7, 11) is 0. The van der Waals surface area contributed by atoms with Crippen molar-refractivity contribution in [1.29, 1.82) is 0 Å². The molecule has 0 radical (unpaired) electrons. The van der Waals surface area contributed by atoms with Crippen molar-refractivity contribution in [1.82, 2.24) is 15.5 Å². The molecule has 2 aliphatic heterocycles. The Labute approximate surface area is 157 Å². The fraction of sp³-hybridized carbons (Fsp3) is 0.750. The zero-order valence-electron chi connectivity index (χ0n) is 16.3. The second-order valence-electron chi connectivity index (χ2n) is 7.83. The van der Waals surface area contributed by atoms with Crippen molar-refractivity contribution < 1.29 is 4.79 Å². The molecule has 6 heteroatoms. The van der Waals surface area contributed by atoms with E-state index in [0.717, 1.165) is 76.0 Å². The van der Waals surface area contributed by atoms with E-state index in [9.17, 15) is 4.79 Å².